The number of benzene rings is 2. The Kier molecular flexibility index (Phi) is 8.38. The number of pyridine rings is 1. The van der Waals surface area contributed by atoms with Gasteiger partial charge in [0.25, 0.3) is 5.56 Å². The van der Waals surface area contributed by atoms with Crippen LogP contribution in [0.5, 0.6) is 11.6 Å². The van der Waals surface area contributed by atoms with Crippen LogP contribution in [0.15, 0.2) is 47.3 Å². The monoisotopic (exact) mass is 498 g/mol. The van der Waals surface area contributed by atoms with E-state index in [2.05, 4.69) is 6.92 Å². The number of unbranched alkanes of at least 4 members (excludes halogenated alkanes) is 2. The van der Waals surface area contributed by atoms with Crippen molar-refractivity contribution in [2.24, 2.45) is 0 Å². The lowest BCUT2D eigenvalue weighted by Crippen LogP contribution is -2.27. The molecule has 0 amide bonds. The molecule has 34 heavy (non-hydrogen) atoms. The molecule has 3 rings (SSSR count). The number of rotatable bonds is 9. The standard InChI is InChI=1S/C26H24Cl2N2O4/c1-3-4-8-11-34-24-20(27)12-18(13-21(24)28)23(31)22-16(2)19(14-29)25(32)30(26(22)33)15-17-9-6-5-7-10-17/h5-7,9-10,12-13,33H,3-4,8,11,15H2,1-2H3. The van der Waals surface area contributed by atoms with Crippen LogP contribution in [0, 0.1) is 18.3 Å². The van der Waals surface area contributed by atoms with E-state index in [4.69, 9.17) is 27.9 Å². The fraction of sp³-hybridized carbons (Fsp3) is 0.269. The van der Waals surface area contributed by atoms with Gasteiger partial charge in [0.1, 0.15) is 11.6 Å². The first-order valence-corrected chi connectivity index (χ1v) is 11.6. The Bertz CT molecular complexity index is 1290. The number of hydrogen-bond acceptors (Lipinski definition) is 5. The van der Waals surface area contributed by atoms with Crippen LogP contribution in [0.1, 0.15) is 58.8 Å². The molecule has 0 bridgehead atoms. The molecule has 2 aromatic carbocycles. The van der Waals surface area contributed by atoms with Crippen LogP contribution in [-0.4, -0.2) is 22.1 Å². The van der Waals surface area contributed by atoms with Gasteiger partial charge in [0, 0.05) is 5.56 Å². The molecule has 0 saturated carbocycles. The predicted octanol–water partition coefficient (Wildman–Crippen LogP) is 5.89. The van der Waals surface area contributed by atoms with Gasteiger partial charge < -0.3 is 9.84 Å². The minimum atomic E-state index is -0.676. The van der Waals surface area contributed by atoms with Crippen LogP contribution in [0.25, 0.3) is 0 Å². The number of carbonyl (C=O) groups excluding carboxylic acids is 1. The molecule has 8 heteroatoms. The largest absolute Gasteiger partial charge is 0.494 e. The van der Waals surface area contributed by atoms with Gasteiger partial charge in [-0.15, -0.1) is 0 Å². The van der Waals surface area contributed by atoms with Crippen LogP contribution >= 0.6 is 23.2 Å². The molecule has 1 heterocycles. The third-order valence-electron chi connectivity index (χ3n) is 5.47. The zero-order valence-electron chi connectivity index (χ0n) is 18.9. The summed E-state index contributed by atoms with van der Waals surface area (Å²) in [5.41, 5.74) is -0.137. The molecule has 6 nitrogen and oxygen atoms in total. The molecule has 3 aromatic rings. The van der Waals surface area contributed by atoms with E-state index in [0.717, 1.165) is 29.4 Å². The van der Waals surface area contributed by atoms with Gasteiger partial charge in [-0.05, 0) is 36.6 Å². The maximum atomic E-state index is 13.4. The molecule has 1 aromatic heterocycles. The van der Waals surface area contributed by atoms with E-state index in [-0.39, 0.29) is 44.6 Å². The third-order valence-corrected chi connectivity index (χ3v) is 6.03. The molecule has 0 atom stereocenters. The van der Waals surface area contributed by atoms with Crippen LogP contribution < -0.4 is 10.3 Å². The molecule has 0 radical (unpaired) electrons. The van der Waals surface area contributed by atoms with E-state index in [1.807, 2.05) is 12.1 Å². The maximum absolute atomic E-state index is 13.4. The van der Waals surface area contributed by atoms with Crippen molar-refractivity contribution in [2.75, 3.05) is 6.61 Å². The average Bonchev–Trinajstić information content (AvgIpc) is 2.81. The van der Waals surface area contributed by atoms with Gasteiger partial charge in [-0.3, -0.25) is 14.2 Å². The highest BCUT2D eigenvalue weighted by molar-refractivity contribution is 6.38. The van der Waals surface area contributed by atoms with Crippen molar-refractivity contribution >= 4 is 29.0 Å². The Morgan fingerprint density at radius 3 is 2.38 bits per heavy atom. The Hall–Kier alpha value is -3.27. The molecule has 0 saturated heterocycles. The summed E-state index contributed by atoms with van der Waals surface area (Å²) >= 11 is 12.7. The van der Waals surface area contributed by atoms with E-state index in [1.54, 1.807) is 24.3 Å². The minimum absolute atomic E-state index is 0.00715. The number of hydrogen-bond donors (Lipinski definition) is 1. The minimum Gasteiger partial charge on any atom is -0.494 e. The number of ketones is 1. The first kappa shape index (κ1) is 25.4. The molecular formula is C26H24Cl2N2O4. The lowest BCUT2D eigenvalue weighted by molar-refractivity contribution is 0.103. The van der Waals surface area contributed by atoms with Crippen molar-refractivity contribution < 1.29 is 14.6 Å². The Balaban J connectivity index is 2.06. The summed E-state index contributed by atoms with van der Waals surface area (Å²) in [6.07, 6.45) is 2.89. The maximum Gasteiger partial charge on any atom is 0.271 e. The van der Waals surface area contributed by atoms with Crippen molar-refractivity contribution in [1.29, 1.82) is 5.26 Å². The van der Waals surface area contributed by atoms with Crippen molar-refractivity contribution in [3.05, 3.63) is 90.7 Å². The van der Waals surface area contributed by atoms with Gasteiger partial charge >= 0.3 is 0 Å². The van der Waals surface area contributed by atoms with Gasteiger partial charge in [0.05, 0.1) is 28.8 Å². The number of aromatic hydroxyl groups is 1. The summed E-state index contributed by atoms with van der Waals surface area (Å²) in [4.78, 5) is 26.3. The van der Waals surface area contributed by atoms with Gasteiger partial charge in [-0.25, -0.2) is 0 Å². The molecular weight excluding hydrogens is 475 g/mol. The van der Waals surface area contributed by atoms with Crippen molar-refractivity contribution in [1.82, 2.24) is 4.57 Å². The summed E-state index contributed by atoms with van der Waals surface area (Å²) in [6, 6.07) is 13.6. The quantitative estimate of drug-likeness (QED) is 0.293. The molecule has 0 fully saturated rings. The Labute approximate surface area is 207 Å². The first-order chi connectivity index (χ1) is 16.3. The van der Waals surface area contributed by atoms with E-state index < -0.39 is 17.2 Å². The fourth-order valence-electron chi connectivity index (χ4n) is 3.63. The van der Waals surface area contributed by atoms with Crippen molar-refractivity contribution in [3.63, 3.8) is 0 Å². The van der Waals surface area contributed by atoms with E-state index in [0.29, 0.717) is 6.61 Å². The van der Waals surface area contributed by atoms with Crippen LogP contribution in [0.4, 0.5) is 0 Å². The topological polar surface area (TPSA) is 92.3 Å². The molecule has 0 aliphatic carbocycles. The zero-order valence-corrected chi connectivity index (χ0v) is 20.4. The summed E-state index contributed by atoms with van der Waals surface area (Å²) in [5, 5.41) is 20.9. The number of nitriles is 1. The number of nitrogens with zero attached hydrogens (tertiary/aromatic N) is 2. The first-order valence-electron chi connectivity index (χ1n) is 10.9. The van der Waals surface area contributed by atoms with E-state index in [1.165, 1.54) is 19.1 Å². The van der Waals surface area contributed by atoms with Gasteiger partial charge in [-0.2, -0.15) is 5.26 Å². The van der Waals surface area contributed by atoms with E-state index in [9.17, 15) is 20.0 Å². The number of halogens is 2. The second kappa shape index (κ2) is 11.2. The predicted molar refractivity (Wildman–Crippen MR) is 132 cm³/mol. The third kappa shape index (κ3) is 5.27. The molecule has 0 aliphatic heterocycles. The van der Waals surface area contributed by atoms with Crippen LogP contribution in [-0.2, 0) is 6.54 Å². The van der Waals surface area contributed by atoms with Gasteiger partial charge in [0.15, 0.2) is 11.5 Å². The highest BCUT2D eigenvalue weighted by Gasteiger charge is 2.26. The van der Waals surface area contributed by atoms with Crippen molar-refractivity contribution in [3.8, 4) is 17.7 Å². The molecule has 1 N–H and O–H groups in total. The molecule has 0 unspecified atom stereocenters. The average molecular weight is 499 g/mol. The van der Waals surface area contributed by atoms with Crippen LogP contribution in [0.3, 0.4) is 0 Å². The zero-order chi connectivity index (χ0) is 24.8. The smallest absolute Gasteiger partial charge is 0.271 e. The summed E-state index contributed by atoms with van der Waals surface area (Å²) < 4.78 is 6.70. The fourth-order valence-corrected chi connectivity index (χ4v) is 4.23. The summed E-state index contributed by atoms with van der Waals surface area (Å²) in [5.74, 6) is -0.860. The number of carbonyl (C=O) groups is 1. The van der Waals surface area contributed by atoms with E-state index >= 15 is 0 Å². The molecule has 0 spiro atoms. The Morgan fingerprint density at radius 1 is 1.15 bits per heavy atom. The lowest BCUT2D eigenvalue weighted by atomic mass is 9.97. The SMILES string of the molecule is CCCCCOc1c(Cl)cc(C(=O)c2c(C)c(C#N)c(=O)n(Cc3ccccc3)c2O)cc1Cl. The molecule has 0 aliphatic rings. The van der Waals surface area contributed by atoms with Crippen molar-refractivity contribution in [2.45, 2.75) is 39.7 Å². The van der Waals surface area contributed by atoms with Gasteiger partial charge in [-0.1, -0.05) is 73.3 Å². The summed E-state index contributed by atoms with van der Waals surface area (Å²) in [6.45, 7) is 3.97. The van der Waals surface area contributed by atoms with Crippen LogP contribution in [0.2, 0.25) is 10.0 Å². The number of aromatic nitrogens is 1. The second-order valence-corrected chi connectivity index (χ2v) is 8.66. The Morgan fingerprint density at radius 2 is 1.79 bits per heavy atom. The normalized spacial score (nSPS) is 10.7. The lowest BCUT2D eigenvalue weighted by Gasteiger charge is -2.16. The molecule has 176 valence electrons. The highest BCUT2D eigenvalue weighted by Crippen LogP contribution is 2.36. The number of ether oxygens (including phenoxy) is 1. The summed E-state index contributed by atoms with van der Waals surface area (Å²) in [7, 11) is 0. The highest BCUT2D eigenvalue weighted by atomic mass is 35.5. The van der Waals surface area contributed by atoms with Gasteiger partial charge in [0.2, 0.25) is 5.88 Å². The second-order valence-electron chi connectivity index (χ2n) is 7.84.